The number of rotatable bonds is 3. The van der Waals surface area contributed by atoms with Gasteiger partial charge in [0.2, 0.25) is 0 Å². The molecule has 0 N–H and O–H groups in total. The highest BCUT2D eigenvalue weighted by molar-refractivity contribution is 6.06. The molecule has 1 saturated heterocycles. The molecule has 0 atom stereocenters. The molecule has 6 nitrogen and oxygen atoms in total. The van der Waals surface area contributed by atoms with Crippen LogP contribution >= 0.6 is 0 Å². The van der Waals surface area contributed by atoms with Gasteiger partial charge in [-0.25, -0.2) is 0 Å². The average molecular weight is 335 g/mol. The van der Waals surface area contributed by atoms with Crippen molar-refractivity contribution in [3.63, 3.8) is 0 Å². The maximum absolute atomic E-state index is 13.0. The number of aryl methyl sites for hydroxylation is 1. The van der Waals surface area contributed by atoms with Crippen LogP contribution < -0.4 is 0 Å². The predicted molar refractivity (Wildman–Crippen MR) is 95.3 cm³/mol. The Morgan fingerprint density at radius 2 is 2.04 bits per heavy atom. The Bertz CT molecular complexity index is 890. The van der Waals surface area contributed by atoms with Gasteiger partial charge in [-0.2, -0.15) is 0 Å². The van der Waals surface area contributed by atoms with Crippen molar-refractivity contribution in [2.24, 2.45) is 0 Å². The molecule has 6 heteroatoms. The Balaban J connectivity index is 1.51. The summed E-state index contributed by atoms with van der Waals surface area (Å²) < 4.78 is 2.10. The Morgan fingerprint density at radius 1 is 1.20 bits per heavy atom. The summed E-state index contributed by atoms with van der Waals surface area (Å²) in [7, 11) is 0. The molecular weight excluding hydrogens is 314 g/mol. The van der Waals surface area contributed by atoms with E-state index in [1.807, 2.05) is 35.2 Å². The van der Waals surface area contributed by atoms with Gasteiger partial charge in [-0.05, 0) is 38.0 Å². The Kier molecular flexibility index (Phi) is 4.17. The third-order valence-electron chi connectivity index (χ3n) is 5.01. The van der Waals surface area contributed by atoms with Crippen molar-refractivity contribution in [3.05, 3.63) is 54.2 Å². The van der Waals surface area contributed by atoms with Crippen molar-refractivity contribution < 1.29 is 4.79 Å². The summed E-state index contributed by atoms with van der Waals surface area (Å²) in [6.45, 7) is 4.47. The van der Waals surface area contributed by atoms with Gasteiger partial charge in [0, 0.05) is 42.7 Å². The van der Waals surface area contributed by atoms with E-state index in [-0.39, 0.29) is 5.91 Å². The topological polar surface area (TPSA) is 63.9 Å². The highest BCUT2D eigenvalue weighted by atomic mass is 16.2. The van der Waals surface area contributed by atoms with Crippen LogP contribution in [0.1, 0.15) is 41.9 Å². The summed E-state index contributed by atoms with van der Waals surface area (Å²) in [6.07, 6.45) is 5.39. The second-order valence-electron chi connectivity index (χ2n) is 6.42. The summed E-state index contributed by atoms with van der Waals surface area (Å²) in [5.74, 6) is 1.51. The molecule has 0 saturated carbocycles. The molecule has 25 heavy (non-hydrogen) atoms. The molecule has 0 aliphatic carbocycles. The first-order valence-electron chi connectivity index (χ1n) is 8.78. The Hall–Kier alpha value is -2.76. The van der Waals surface area contributed by atoms with Crippen molar-refractivity contribution in [1.82, 2.24) is 24.6 Å². The van der Waals surface area contributed by atoms with E-state index in [0.29, 0.717) is 5.92 Å². The standard InChI is InChI=1S/C19H21N5O/c1-2-23-13-21-22-18(23)14-8-11-24(12-9-14)19(25)16-5-3-7-17-15(16)6-4-10-20-17/h3-7,10,13-14H,2,8-9,11-12H2,1H3. The van der Waals surface area contributed by atoms with Crippen molar-refractivity contribution in [2.75, 3.05) is 13.1 Å². The van der Waals surface area contributed by atoms with Gasteiger partial charge in [0.1, 0.15) is 12.2 Å². The zero-order valence-corrected chi connectivity index (χ0v) is 14.3. The molecular formula is C19H21N5O. The summed E-state index contributed by atoms with van der Waals surface area (Å²) in [5.41, 5.74) is 1.60. The van der Waals surface area contributed by atoms with Gasteiger partial charge in [-0.1, -0.05) is 12.1 Å². The van der Waals surface area contributed by atoms with E-state index < -0.39 is 0 Å². The smallest absolute Gasteiger partial charge is 0.254 e. The number of carbonyl (C=O) groups excluding carboxylic acids is 1. The second kappa shape index (κ2) is 6.63. The molecule has 1 amide bonds. The van der Waals surface area contributed by atoms with Gasteiger partial charge < -0.3 is 9.47 Å². The van der Waals surface area contributed by atoms with Crippen LogP contribution in [-0.2, 0) is 6.54 Å². The van der Waals surface area contributed by atoms with Crippen LogP contribution in [0.25, 0.3) is 10.9 Å². The number of aromatic nitrogens is 4. The van der Waals surface area contributed by atoms with E-state index in [4.69, 9.17) is 0 Å². The van der Waals surface area contributed by atoms with Crippen LogP contribution in [0.5, 0.6) is 0 Å². The second-order valence-corrected chi connectivity index (χ2v) is 6.42. The van der Waals surface area contributed by atoms with Crippen molar-refractivity contribution in [1.29, 1.82) is 0 Å². The first-order chi connectivity index (χ1) is 12.3. The number of carbonyl (C=O) groups is 1. The zero-order chi connectivity index (χ0) is 17.2. The number of amides is 1. The lowest BCUT2D eigenvalue weighted by molar-refractivity contribution is 0.0712. The molecule has 0 unspecified atom stereocenters. The molecule has 1 aliphatic heterocycles. The minimum atomic E-state index is 0.0917. The quantitative estimate of drug-likeness (QED) is 0.738. The summed E-state index contributed by atoms with van der Waals surface area (Å²) in [6, 6.07) is 9.58. The molecule has 3 aromatic rings. The molecule has 0 bridgehead atoms. The van der Waals surface area contributed by atoms with E-state index in [0.717, 1.165) is 54.8 Å². The number of pyridine rings is 1. The number of benzene rings is 1. The lowest BCUT2D eigenvalue weighted by Crippen LogP contribution is -2.38. The van der Waals surface area contributed by atoms with Crippen LogP contribution in [-0.4, -0.2) is 43.6 Å². The lowest BCUT2D eigenvalue weighted by atomic mass is 9.95. The maximum Gasteiger partial charge on any atom is 0.254 e. The van der Waals surface area contributed by atoms with Crippen LogP contribution in [0.2, 0.25) is 0 Å². The van der Waals surface area contributed by atoms with Gasteiger partial charge >= 0.3 is 0 Å². The van der Waals surface area contributed by atoms with Gasteiger partial charge in [0.05, 0.1) is 5.52 Å². The van der Waals surface area contributed by atoms with E-state index >= 15 is 0 Å². The number of piperidine rings is 1. The highest BCUT2D eigenvalue weighted by Crippen LogP contribution is 2.28. The Labute approximate surface area is 146 Å². The number of fused-ring (bicyclic) bond motifs is 1. The molecule has 1 aromatic carbocycles. The monoisotopic (exact) mass is 335 g/mol. The molecule has 4 rings (SSSR count). The maximum atomic E-state index is 13.0. The fourth-order valence-electron chi connectivity index (χ4n) is 3.62. The summed E-state index contributed by atoms with van der Waals surface area (Å²) >= 11 is 0. The molecule has 0 radical (unpaired) electrons. The summed E-state index contributed by atoms with van der Waals surface area (Å²) in [5, 5.41) is 9.23. The van der Waals surface area contributed by atoms with Gasteiger partial charge in [0.25, 0.3) is 5.91 Å². The number of nitrogens with zero attached hydrogens (tertiary/aromatic N) is 5. The predicted octanol–water partition coefficient (Wildman–Crippen LogP) is 2.87. The average Bonchev–Trinajstić information content (AvgIpc) is 3.16. The first-order valence-corrected chi connectivity index (χ1v) is 8.78. The molecule has 128 valence electrons. The van der Waals surface area contributed by atoms with Gasteiger partial charge in [0.15, 0.2) is 0 Å². The lowest BCUT2D eigenvalue weighted by Gasteiger charge is -2.32. The van der Waals surface area contributed by atoms with Crippen molar-refractivity contribution in [3.8, 4) is 0 Å². The molecule has 0 spiro atoms. The minimum absolute atomic E-state index is 0.0917. The van der Waals surface area contributed by atoms with Crippen LogP contribution in [0.3, 0.4) is 0 Å². The minimum Gasteiger partial charge on any atom is -0.339 e. The normalized spacial score (nSPS) is 15.6. The highest BCUT2D eigenvalue weighted by Gasteiger charge is 2.27. The van der Waals surface area contributed by atoms with Gasteiger partial charge in [-0.3, -0.25) is 9.78 Å². The fraction of sp³-hybridized carbons (Fsp3) is 0.368. The first kappa shape index (κ1) is 15.7. The molecule has 1 fully saturated rings. The largest absolute Gasteiger partial charge is 0.339 e. The molecule has 2 aromatic heterocycles. The SMILES string of the molecule is CCn1cnnc1C1CCN(C(=O)c2cccc3ncccc23)CC1. The third-order valence-corrected chi connectivity index (χ3v) is 5.01. The number of hydrogen-bond acceptors (Lipinski definition) is 4. The van der Waals surface area contributed by atoms with Crippen LogP contribution in [0, 0.1) is 0 Å². The number of hydrogen-bond donors (Lipinski definition) is 0. The summed E-state index contributed by atoms with van der Waals surface area (Å²) in [4.78, 5) is 19.3. The Morgan fingerprint density at radius 3 is 2.84 bits per heavy atom. The van der Waals surface area contributed by atoms with E-state index in [2.05, 4.69) is 26.7 Å². The zero-order valence-electron chi connectivity index (χ0n) is 14.3. The molecule has 3 heterocycles. The van der Waals surface area contributed by atoms with Crippen LogP contribution in [0.4, 0.5) is 0 Å². The van der Waals surface area contributed by atoms with E-state index in [1.54, 1.807) is 12.5 Å². The number of likely N-dealkylation sites (tertiary alicyclic amines) is 1. The van der Waals surface area contributed by atoms with E-state index in [9.17, 15) is 4.79 Å². The molecule has 1 aliphatic rings. The third kappa shape index (κ3) is 2.88. The fourth-order valence-corrected chi connectivity index (χ4v) is 3.62. The van der Waals surface area contributed by atoms with E-state index in [1.165, 1.54) is 0 Å². The van der Waals surface area contributed by atoms with Crippen LogP contribution in [0.15, 0.2) is 42.9 Å². The van der Waals surface area contributed by atoms with Crippen molar-refractivity contribution in [2.45, 2.75) is 32.2 Å². The van der Waals surface area contributed by atoms with Gasteiger partial charge in [-0.15, -0.1) is 10.2 Å². The van der Waals surface area contributed by atoms with Crippen molar-refractivity contribution >= 4 is 16.8 Å².